The van der Waals surface area contributed by atoms with Gasteiger partial charge in [0.1, 0.15) is 23.7 Å². The van der Waals surface area contributed by atoms with Gasteiger partial charge in [-0.15, -0.1) is 0 Å². The summed E-state index contributed by atoms with van der Waals surface area (Å²) in [5, 5.41) is 18.4. The number of hydrogen-bond acceptors (Lipinski definition) is 6. The van der Waals surface area contributed by atoms with E-state index in [9.17, 15) is 29.1 Å². The Bertz CT molecular complexity index is 1360. The van der Waals surface area contributed by atoms with E-state index in [4.69, 9.17) is 4.74 Å². The van der Waals surface area contributed by atoms with Crippen LogP contribution >= 0.6 is 0 Å². The molecule has 1 aliphatic carbocycles. The van der Waals surface area contributed by atoms with E-state index in [1.165, 1.54) is 10.5 Å². The van der Waals surface area contributed by atoms with Gasteiger partial charge in [0.15, 0.2) is 0 Å². The van der Waals surface area contributed by atoms with Crippen molar-refractivity contribution in [2.24, 2.45) is 5.92 Å². The molecule has 5 rings (SSSR count). The van der Waals surface area contributed by atoms with Gasteiger partial charge < -0.3 is 35.6 Å². The monoisotopic (exact) mass is 623 g/mol. The van der Waals surface area contributed by atoms with Crippen molar-refractivity contribution in [2.45, 2.75) is 108 Å². The smallest absolute Gasteiger partial charge is 0.410 e. The fourth-order valence-corrected chi connectivity index (χ4v) is 6.55. The Morgan fingerprint density at radius 3 is 2.58 bits per heavy atom. The summed E-state index contributed by atoms with van der Waals surface area (Å²) in [6.45, 7) is 6.35. The molecule has 2 fully saturated rings. The molecule has 1 aromatic carbocycles. The molecule has 0 spiro atoms. The average Bonchev–Trinajstić information content (AvgIpc) is 3.51. The van der Waals surface area contributed by atoms with Gasteiger partial charge in [0.25, 0.3) is 0 Å². The second-order valence-corrected chi connectivity index (χ2v) is 13.7. The molecule has 1 saturated heterocycles. The Hall–Kier alpha value is -4.09. The minimum atomic E-state index is -1.44. The fraction of sp³-hybridized carbons (Fsp3) is 0.606. The van der Waals surface area contributed by atoms with Crippen LogP contribution in [0.15, 0.2) is 36.4 Å². The number of carboxylic acid groups (broad SMARTS) is 1. The topological polar surface area (TPSA) is 157 Å². The lowest BCUT2D eigenvalue weighted by Gasteiger charge is -2.30. The number of nitrogens with one attached hydrogen (secondary N) is 3. The number of carbonyl (C=O) groups excluding carboxylic acids is 4. The highest BCUT2D eigenvalue weighted by molar-refractivity contribution is 5.96. The summed E-state index contributed by atoms with van der Waals surface area (Å²) >= 11 is 0. The van der Waals surface area contributed by atoms with Crippen molar-refractivity contribution < 1.29 is 33.8 Å². The highest BCUT2D eigenvalue weighted by atomic mass is 16.6. The summed E-state index contributed by atoms with van der Waals surface area (Å²) in [5.41, 5.74) is 0.257. The Labute approximate surface area is 263 Å². The molecule has 0 radical (unpaired) electrons. The van der Waals surface area contributed by atoms with Gasteiger partial charge in [0.05, 0.1) is 6.54 Å². The van der Waals surface area contributed by atoms with Gasteiger partial charge in [-0.2, -0.15) is 0 Å². The summed E-state index contributed by atoms with van der Waals surface area (Å²) < 4.78 is 5.88. The maximum atomic E-state index is 14.1. The standard InChI is InChI=1S/C33H45N5O7/c1-32(2,3)36-30(43)34-25-14-8-6-4-5-7-13-23-18-33(23,29(41)42)35-27(39)26-17-24(20-38(26)28(25)40)45-31(44)37-16-15-21-11-9-10-12-22(21)19-37/h7,9-13,23-26H,4-6,8,14-20H2,1-3H3,(H,35,39)(H,41,42)(H2,34,36,43)/t23-,24-,25+,26+,33-/m1/s1. The maximum Gasteiger partial charge on any atom is 0.410 e. The molecule has 0 aromatic heterocycles. The Morgan fingerprint density at radius 1 is 1.09 bits per heavy atom. The predicted molar refractivity (Wildman–Crippen MR) is 165 cm³/mol. The first-order chi connectivity index (χ1) is 21.4. The van der Waals surface area contributed by atoms with Gasteiger partial charge in [-0.05, 0) is 64.0 Å². The van der Waals surface area contributed by atoms with Crippen LogP contribution in [-0.2, 0) is 32.1 Å². The lowest BCUT2D eigenvalue weighted by Crippen LogP contribution is -2.58. The van der Waals surface area contributed by atoms with E-state index in [0.29, 0.717) is 32.4 Å². The van der Waals surface area contributed by atoms with Crippen LogP contribution in [0.4, 0.5) is 9.59 Å². The lowest BCUT2D eigenvalue weighted by molar-refractivity contribution is -0.145. The third-order valence-corrected chi connectivity index (χ3v) is 9.07. The number of hydrogen-bond donors (Lipinski definition) is 4. The van der Waals surface area contributed by atoms with Crippen LogP contribution in [0.3, 0.4) is 0 Å². The molecule has 5 amide bonds. The van der Waals surface area contributed by atoms with Crippen molar-refractivity contribution in [3.63, 3.8) is 0 Å². The first-order valence-corrected chi connectivity index (χ1v) is 16.0. The van der Waals surface area contributed by atoms with Gasteiger partial charge in [-0.25, -0.2) is 14.4 Å². The van der Waals surface area contributed by atoms with Crippen molar-refractivity contribution >= 4 is 29.9 Å². The number of benzene rings is 1. The second-order valence-electron chi connectivity index (χ2n) is 13.7. The minimum Gasteiger partial charge on any atom is -0.479 e. The zero-order chi connectivity index (χ0) is 32.4. The lowest BCUT2D eigenvalue weighted by atomic mass is 10.0. The third-order valence-electron chi connectivity index (χ3n) is 9.07. The largest absolute Gasteiger partial charge is 0.479 e. The molecule has 244 valence electrons. The van der Waals surface area contributed by atoms with E-state index in [-0.39, 0.29) is 25.3 Å². The Kier molecular flexibility index (Phi) is 9.41. The summed E-state index contributed by atoms with van der Waals surface area (Å²) in [4.78, 5) is 69.3. The summed E-state index contributed by atoms with van der Waals surface area (Å²) in [5.74, 6) is -2.55. The van der Waals surface area contributed by atoms with Crippen molar-refractivity contribution in [1.29, 1.82) is 0 Å². The normalized spacial score (nSPS) is 28.8. The number of fused-ring (bicyclic) bond motifs is 3. The van der Waals surface area contributed by atoms with E-state index in [1.807, 2.05) is 57.2 Å². The predicted octanol–water partition coefficient (Wildman–Crippen LogP) is 3.10. The molecule has 4 aliphatic rings. The summed E-state index contributed by atoms with van der Waals surface area (Å²) in [6.07, 6.45) is 6.91. The van der Waals surface area contributed by atoms with Gasteiger partial charge in [0.2, 0.25) is 11.8 Å². The number of nitrogens with zero attached hydrogens (tertiary/aromatic N) is 2. The number of carbonyl (C=O) groups is 5. The van der Waals surface area contributed by atoms with Gasteiger partial charge in [0, 0.05) is 31.0 Å². The average molecular weight is 624 g/mol. The van der Waals surface area contributed by atoms with Gasteiger partial charge in [-0.3, -0.25) is 9.59 Å². The van der Waals surface area contributed by atoms with E-state index in [2.05, 4.69) is 16.0 Å². The Morgan fingerprint density at radius 2 is 1.84 bits per heavy atom. The summed E-state index contributed by atoms with van der Waals surface area (Å²) in [6, 6.07) is 5.43. The Balaban J connectivity index is 1.36. The number of allylic oxidation sites excluding steroid dienone is 1. The quantitative estimate of drug-likeness (QED) is 0.377. The first kappa shape index (κ1) is 32.3. The van der Waals surface area contributed by atoms with E-state index < -0.39 is 59.2 Å². The second kappa shape index (κ2) is 13.1. The van der Waals surface area contributed by atoms with Crippen LogP contribution in [-0.4, -0.2) is 87.2 Å². The molecule has 1 aromatic rings. The molecule has 1 saturated carbocycles. The molecular formula is C33H45N5O7. The highest BCUT2D eigenvalue weighted by Crippen LogP contribution is 2.45. The molecule has 3 heterocycles. The van der Waals surface area contributed by atoms with Crippen molar-refractivity contribution in [3.05, 3.63) is 47.5 Å². The zero-order valence-corrected chi connectivity index (χ0v) is 26.3. The number of carboxylic acids is 1. The number of ether oxygens (including phenoxy) is 1. The molecule has 0 bridgehead atoms. The van der Waals surface area contributed by atoms with Crippen LogP contribution in [0.1, 0.15) is 76.8 Å². The molecule has 3 aliphatic heterocycles. The van der Waals surface area contributed by atoms with E-state index in [1.54, 1.807) is 4.90 Å². The molecule has 5 atom stereocenters. The minimum absolute atomic E-state index is 0.0187. The van der Waals surface area contributed by atoms with E-state index >= 15 is 0 Å². The summed E-state index contributed by atoms with van der Waals surface area (Å²) in [7, 11) is 0. The van der Waals surface area contributed by atoms with E-state index in [0.717, 1.165) is 24.8 Å². The first-order valence-electron chi connectivity index (χ1n) is 16.0. The van der Waals surface area contributed by atoms with Crippen LogP contribution in [0.2, 0.25) is 0 Å². The fourth-order valence-electron chi connectivity index (χ4n) is 6.55. The third kappa shape index (κ3) is 7.59. The van der Waals surface area contributed by atoms with Crippen LogP contribution in [0, 0.1) is 5.92 Å². The van der Waals surface area contributed by atoms with Crippen LogP contribution in [0.25, 0.3) is 0 Å². The number of amides is 5. The highest BCUT2D eigenvalue weighted by Gasteiger charge is 2.61. The van der Waals surface area contributed by atoms with Crippen molar-refractivity contribution in [1.82, 2.24) is 25.8 Å². The zero-order valence-electron chi connectivity index (χ0n) is 26.3. The van der Waals surface area contributed by atoms with Crippen molar-refractivity contribution in [2.75, 3.05) is 13.1 Å². The molecular weight excluding hydrogens is 578 g/mol. The SMILES string of the molecule is CC(C)(C)NC(=O)N[C@H]1CCCCCC=C[C@@H]2C[C@@]2(C(=O)O)NC(=O)[C@@H]2C[C@@H](OC(=O)N3CCc4ccccc4C3)CN2C1=O. The molecule has 12 nitrogen and oxygen atoms in total. The molecule has 12 heteroatoms. The number of urea groups is 1. The van der Waals surface area contributed by atoms with Crippen LogP contribution in [0.5, 0.6) is 0 Å². The number of rotatable bonds is 3. The molecule has 4 N–H and O–H groups in total. The number of aliphatic carboxylic acids is 1. The maximum absolute atomic E-state index is 14.1. The van der Waals surface area contributed by atoms with Gasteiger partial charge in [-0.1, -0.05) is 49.3 Å². The van der Waals surface area contributed by atoms with Gasteiger partial charge >= 0.3 is 18.1 Å². The van der Waals surface area contributed by atoms with Crippen molar-refractivity contribution in [3.8, 4) is 0 Å². The van der Waals surface area contributed by atoms with Crippen LogP contribution < -0.4 is 16.0 Å². The molecule has 45 heavy (non-hydrogen) atoms. The molecule has 0 unspecified atom stereocenters.